The SMILES string of the molecule is O=C(N[C@@H](Cc1ccc(COC2CC(Nc3ccccn3)C2)cc1)C(=O)OC(=O)C(F)(F)F)c1c(Cl)cccc1Cl. The fraction of sp³-hybridized carbons (Fsp3) is 0.286. The lowest BCUT2D eigenvalue weighted by atomic mass is 9.89. The number of carbonyl (C=O) groups is 3. The maximum Gasteiger partial charge on any atom is 0.491 e. The number of aromatic nitrogens is 1. The molecular weight excluding hydrogens is 586 g/mol. The van der Waals surface area contributed by atoms with Crippen LogP contribution in [0, 0.1) is 0 Å². The number of amides is 1. The molecule has 0 aliphatic heterocycles. The van der Waals surface area contributed by atoms with E-state index in [9.17, 15) is 27.6 Å². The van der Waals surface area contributed by atoms with Crippen LogP contribution in [0.2, 0.25) is 10.0 Å². The summed E-state index contributed by atoms with van der Waals surface area (Å²) < 4.78 is 48.0. The van der Waals surface area contributed by atoms with Gasteiger partial charge in [-0.2, -0.15) is 13.2 Å². The fourth-order valence-electron chi connectivity index (χ4n) is 4.06. The first-order valence-corrected chi connectivity index (χ1v) is 13.2. The second kappa shape index (κ2) is 13.3. The highest BCUT2D eigenvalue weighted by atomic mass is 35.5. The average molecular weight is 610 g/mol. The average Bonchev–Trinajstić information content (AvgIpc) is 2.90. The van der Waals surface area contributed by atoms with Crippen molar-refractivity contribution in [2.75, 3.05) is 5.32 Å². The summed E-state index contributed by atoms with van der Waals surface area (Å²) in [4.78, 5) is 40.8. The summed E-state index contributed by atoms with van der Waals surface area (Å²) in [5.41, 5.74) is 1.12. The summed E-state index contributed by atoms with van der Waals surface area (Å²) in [6, 6.07) is 15.2. The second-order valence-electron chi connectivity index (χ2n) is 9.31. The molecule has 1 saturated carbocycles. The molecule has 2 aromatic carbocycles. The van der Waals surface area contributed by atoms with Gasteiger partial charge in [0.15, 0.2) is 0 Å². The number of halogens is 5. The van der Waals surface area contributed by atoms with E-state index in [-0.39, 0.29) is 34.2 Å². The zero-order valence-electron chi connectivity index (χ0n) is 21.3. The lowest BCUT2D eigenvalue weighted by Crippen LogP contribution is -2.45. The van der Waals surface area contributed by atoms with Gasteiger partial charge in [-0.25, -0.2) is 14.6 Å². The first kappa shape index (κ1) is 30.3. The molecule has 1 aliphatic rings. The van der Waals surface area contributed by atoms with Crippen LogP contribution in [0.1, 0.15) is 34.3 Å². The van der Waals surface area contributed by atoms with Crippen molar-refractivity contribution < 1.29 is 37.0 Å². The molecule has 4 rings (SSSR count). The van der Waals surface area contributed by atoms with E-state index < -0.39 is 30.1 Å². The highest BCUT2D eigenvalue weighted by Gasteiger charge is 2.43. The minimum Gasteiger partial charge on any atom is -0.385 e. The summed E-state index contributed by atoms with van der Waals surface area (Å²) >= 11 is 12.1. The predicted octanol–water partition coefficient (Wildman–Crippen LogP) is 5.52. The third kappa shape index (κ3) is 8.42. The Morgan fingerprint density at radius 3 is 2.22 bits per heavy atom. The van der Waals surface area contributed by atoms with Gasteiger partial charge in [0.05, 0.1) is 28.3 Å². The van der Waals surface area contributed by atoms with E-state index in [1.807, 2.05) is 18.2 Å². The number of hydrogen-bond acceptors (Lipinski definition) is 7. The Morgan fingerprint density at radius 1 is 0.951 bits per heavy atom. The van der Waals surface area contributed by atoms with E-state index in [0.717, 1.165) is 24.2 Å². The molecule has 216 valence electrons. The maximum atomic E-state index is 12.8. The summed E-state index contributed by atoms with van der Waals surface area (Å²) in [7, 11) is 0. The van der Waals surface area contributed by atoms with Crippen LogP contribution >= 0.6 is 23.2 Å². The molecule has 1 amide bonds. The summed E-state index contributed by atoms with van der Waals surface area (Å²) in [6.45, 7) is 0.328. The minimum atomic E-state index is -5.40. The maximum absolute atomic E-state index is 12.8. The number of benzene rings is 2. The number of rotatable bonds is 10. The molecule has 3 aromatic rings. The van der Waals surface area contributed by atoms with Gasteiger partial charge in [0, 0.05) is 18.7 Å². The zero-order chi connectivity index (χ0) is 29.6. The van der Waals surface area contributed by atoms with E-state index in [1.165, 1.54) is 18.2 Å². The molecule has 2 N–H and O–H groups in total. The molecule has 1 aromatic heterocycles. The predicted molar refractivity (Wildman–Crippen MR) is 144 cm³/mol. The monoisotopic (exact) mass is 609 g/mol. The van der Waals surface area contributed by atoms with Crippen molar-refractivity contribution >= 4 is 46.9 Å². The molecule has 8 nitrogen and oxygen atoms in total. The van der Waals surface area contributed by atoms with Crippen molar-refractivity contribution in [2.24, 2.45) is 0 Å². The molecule has 0 spiro atoms. The molecule has 0 saturated heterocycles. The van der Waals surface area contributed by atoms with Crippen LogP contribution in [0.3, 0.4) is 0 Å². The largest absolute Gasteiger partial charge is 0.491 e. The van der Waals surface area contributed by atoms with Crippen molar-refractivity contribution in [3.8, 4) is 0 Å². The van der Waals surface area contributed by atoms with Gasteiger partial charge in [-0.3, -0.25) is 4.79 Å². The highest BCUT2D eigenvalue weighted by molar-refractivity contribution is 6.39. The lowest BCUT2D eigenvalue weighted by molar-refractivity contribution is -0.202. The van der Waals surface area contributed by atoms with Gasteiger partial charge in [-0.05, 0) is 48.2 Å². The van der Waals surface area contributed by atoms with Gasteiger partial charge in [-0.15, -0.1) is 0 Å². The van der Waals surface area contributed by atoms with Gasteiger partial charge in [0.1, 0.15) is 11.9 Å². The van der Waals surface area contributed by atoms with Crippen LogP contribution in [0.25, 0.3) is 0 Å². The van der Waals surface area contributed by atoms with E-state index in [0.29, 0.717) is 12.2 Å². The van der Waals surface area contributed by atoms with Gasteiger partial charge >= 0.3 is 18.1 Å². The van der Waals surface area contributed by atoms with E-state index >= 15 is 0 Å². The number of anilines is 1. The number of pyridine rings is 1. The van der Waals surface area contributed by atoms with Crippen LogP contribution in [-0.2, 0) is 32.1 Å². The molecule has 1 heterocycles. The third-order valence-corrected chi connectivity index (χ3v) is 6.89. The first-order chi connectivity index (χ1) is 19.5. The van der Waals surface area contributed by atoms with E-state index in [4.69, 9.17) is 27.9 Å². The molecule has 1 fully saturated rings. The number of nitrogens with zero attached hydrogens (tertiary/aromatic N) is 1. The van der Waals surface area contributed by atoms with Crippen LogP contribution in [-0.4, -0.2) is 47.2 Å². The van der Waals surface area contributed by atoms with E-state index in [2.05, 4.69) is 20.4 Å². The molecule has 1 atom stereocenters. The van der Waals surface area contributed by atoms with E-state index in [1.54, 1.807) is 30.5 Å². The first-order valence-electron chi connectivity index (χ1n) is 12.4. The summed E-state index contributed by atoms with van der Waals surface area (Å²) in [6.07, 6.45) is -2.23. The Morgan fingerprint density at radius 2 is 1.61 bits per heavy atom. The molecule has 41 heavy (non-hydrogen) atoms. The Labute approximate surface area is 243 Å². The lowest BCUT2D eigenvalue weighted by Gasteiger charge is -2.36. The summed E-state index contributed by atoms with van der Waals surface area (Å²) in [5, 5.41) is 5.53. The molecular formula is C28H24Cl2F3N3O5. The topological polar surface area (TPSA) is 107 Å². The van der Waals surface area contributed by atoms with Crippen molar-refractivity contribution in [3.63, 3.8) is 0 Å². The summed E-state index contributed by atoms with van der Waals surface area (Å²) in [5.74, 6) is -4.40. The number of hydrogen-bond donors (Lipinski definition) is 2. The van der Waals surface area contributed by atoms with Crippen LogP contribution < -0.4 is 10.6 Å². The van der Waals surface area contributed by atoms with Crippen LogP contribution in [0.15, 0.2) is 66.9 Å². The Bertz CT molecular complexity index is 1360. The quantitative estimate of drug-likeness (QED) is 0.230. The number of carbonyl (C=O) groups excluding carboxylic acids is 3. The Balaban J connectivity index is 1.35. The highest BCUT2D eigenvalue weighted by Crippen LogP contribution is 2.28. The molecule has 0 unspecified atom stereocenters. The van der Waals surface area contributed by atoms with Gasteiger partial charge in [-0.1, -0.05) is 59.6 Å². The standard InChI is InChI=1S/C28H24Cl2F3N3O5/c29-20-4-3-5-21(30)24(20)25(37)36-22(26(38)41-27(39)28(31,32)33)12-16-7-9-17(10-8-16)15-40-19-13-18(14-19)35-23-6-1-2-11-34-23/h1-11,18-19,22H,12-15H2,(H,34,35)(H,36,37)/t18?,19?,22-/m0/s1. The van der Waals surface area contributed by atoms with Gasteiger partial charge < -0.3 is 20.1 Å². The third-order valence-electron chi connectivity index (χ3n) is 6.26. The smallest absolute Gasteiger partial charge is 0.385 e. The van der Waals surface area contributed by atoms with Crippen molar-refractivity contribution in [3.05, 3.63) is 93.6 Å². The van der Waals surface area contributed by atoms with Crippen LogP contribution in [0.5, 0.6) is 0 Å². The molecule has 0 radical (unpaired) electrons. The van der Waals surface area contributed by atoms with Crippen LogP contribution in [0.4, 0.5) is 19.0 Å². The van der Waals surface area contributed by atoms with Crippen molar-refractivity contribution in [1.82, 2.24) is 10.3 Å². The normalized spacial score (nSPS) is 17.2. The Kier molecular flexibility index (Phi) is 9.85. The minimum absolute atomic E-state index is 0.0388. The zero-order valence-corrected chi connectivity index (χ0v) is 22.8. The number of esters is 2. The number of nitrogens with one attached hydrogen (secondary N) is 2. The molecule has 0 bridgehead atoms. The van der Waals surface area contributed by atoms with Crippen molar-refractivity contribution in [1.29, 1.82) is 0 Å². The number of alkyl halides is 3. The molecule has 1 aliphatic carbocycles. The van der Waals surface area contributed by atoms with Gasteiger partial charge in [0.25, 0.3) is 5.91 Å². The number of ether oxygens (including phenoxy) is 2. The fourth-order valence-corrected chi connectivity index (χ4v) is 4.63. The Hall–Kier alpha value is -3.67. The second-order valence-corrected chi connectivity index (χ2v) is 10.1. The molecule has 13 heteroatoms. The van der Waals surface area contributed by atoms with Gasteiger partial charge in [0.2, 0.25) is 0 Å². The van der Waals surface area contributed by atoms with Crippen molar-refractivity contribution in [2.45, 2.75) is 50.2 Å².